The van der Waals surface area contributed by atoms with Crippen LogP contribution in [-0.4, -0.2) is 43.2 Å². The first-order valence-electron chi connectivity index (χ1n) is 9.94. The van der Waals surface area contributed by atoms with Crippen molar-refractivity contribution in [3.05, 3.63) is 48.6 Å². The van der Waals surface area contributed by atoms with Crippen LogP contribution in [0.1, 0.15) is 32.4 Å². The van der Waals surface area contributed by atoms with E-state index in [-0.39, 0.29) is 0 Å². The van der Waals surface area contributed by atoms with E-state index in [1.807, 2.05) is 30.5 Å². The fourth-order valence-electron chi connectivity index (χ4n) is 3.17. The van der Waals surface area contributed by atoms with E-state index < -0.39 is 0 Å². The van der Waals surface area contributed by atoms with Crippen LogP contribution < -0.4 is 15.5 Å². The largest absolute Gasteiger partial charge is 0.469 e. The van der Waals surface area contributed by atoms with Crippen LogP contribution in [0.5, 0.6) is 0 Å². The molecule has 6 nitrogen and oxygen atoms in total. The molecule has 0 spiro atoms. The van der Waals surface area contributed by atoms with E-state index in [2.05, 4.69) is 40.4 Å². The number of hydrogen-bond acceptors (Lipinski definition) is 4. The second kappa shape index (κ2) is 10.00. The molecule has 1 fully saturated rings. The van der Waals surface area contributed by atoms with Crippen molar-refractivity contribution in [2.24, 2.45) is 10.9 Å². The number of rotatable bonds is 7. The molecule has 0 unspecified atom stereocenters. The summed E-state index contributed by atoms with van der Waals surface area (Å²) in [5.41, 5.74) is 0. The van der Waals surface area contributed by atoms with Crippen LogP contribution in [0, 0.1) is 5.92 Å². The van der Waals surface area contributed by atoms with E-state index in [1.165, 1.54) is 0 Å². The Morgan fingerprint density at radius 3 is 2.78 bits per heavy atom. The number of piperidine rings is 1. The summed E-state index contributed by atoms with van der Waals surface area (Å²) in [6.07, 6.45) is 6.60. The van der Waals surface area contributed by atoms with Crippen LogP contribution in [0.2, 0.25) is 0 Å². The summed E-state index contributed by atoms with van der Waals surface area (Å²) < 4.78 is 5.41. The van der Waals surface area contributed by atoms with Crippen molar-refractivity contribution in [2.75, 3.05) is 31.1 Å². The number of pyridine rings is 1. The molecule has 27 heavy (non-hydrogen) atoms. The molecule has 0 bridgehead atoms. The van der Waals surface area contributed by atoms with Crippen LogP contribution >= 0.6 is 0 Å². The van der Waals surface area contributed by atoms with Crippen molar-refractivity contribution in [1.29, 1.82) is 0 Å². The molecule has 1 aliphatic heterocycles. The maximum Gasteiger partial charge on any atom is 0.191 e. The highest BCUT2D eigenvalue weighted by atomic mass is 16.3. The number of aliphatic imine (C=N–C) groups is 1. The molecule has 2 aromatic heterocycles. The summed E-state index contributed by atoms with van der Waals surface area (Å²) in [4.78, 5) is 11.6. The first kappa shape index (κ1) is 19.3. The Hall–Kier alpha value is -2.50. The molecule has 146 valence electrons. The fraction of sp³-hybridized carbons (Fsp3) is 0.524. The van der Waals surface area contributed by atoms with Gasteiger partial charge in [0.1, 0.15) is 11.6 Å². The van der Waals surface area contributed by atoms with Gasteiger partial charge in [0.05, 0.1) is 6.26 Å². The fourth-order valence-corrected chi connectivity index (χ4v) is 3.17. The predicted molar refractivity (Wildman–Crippen MR) is 110 cm³/mol. The average molecular weight is 370 g/mol. The van der Waals surface area contributed by atoms with Crippen molar-refractivity contribution < 1.29 is 4.42 Å². The van der Waals surface area contributed by atoms with Crippen molar-refractivity contribution in [2.45, 2.75) is 39.2 Å². The van der Waals surface area contributed by atoms with E-state index in [0.29, 0.717) is 12.0 Å². The van der Waals surface area contributed by atoms with E-state index in [4.69, 9.17) is 9.41 Å². The molecule has 0 aliphatic carbocycles. The molecule has 3 rings (SSSR count). The minimum atomic E-state index is 0.437. The summed E-state index contributed by atoms with van der Waals surface area (Å²) in [7, 11) is 0. The van der Waals surface area contributed by atoms with Gasteiger partial charge >= 0.3 is 0 Å². The molecule has 0 aromatic carbocycles. The van der Waals surface area contributed by atoms with E-state index >= 15 is 0 Å². The third-order valence-corrected chi connectivity index (χ3v) is 4.67. The van der Waals surface area contributed by atoms with E-state index in [0.717, 1.165) is 63.0 Å². The van der Waals surface area contributed by atoms with Gasteiger partial charge in [-0.05, 0) is 43.0 Å². The van der Waals surface area contributed by atoms with Crippen LogP contribution in [0.15, 0.2) is 52.2 Å². The number of nitrogens with one attached hydrogen (secondary N) is 2. The number of anilines is 1. The molecule has 0 atom stereocenters. The van der Waals surface area contributed by atoms with Crippen molar-refractivity contribution in [3.8, 4) is 0 Å². The topological polar surface area (TPSA) is 65.7 Å². The highest BCUT2D eigenvalue weighted by molar-refractivity contribution is 5.80. The zero-order valence-corrected chi connectivity index (χ0v) is 16.4. The number of guanidine groups is 1. The summed E-state index contributed by atoms with van der Waals surface area (Å²) in [5.74, 6) is 3.52. The average Bonchev–Trinajstić information content (AvgIpc) is 3.21. The number of hydrogen-bond donors (Lipinski definition) is 2. The van der Waals surface area contributed by atoms with Gasteiger partial charge in [-0.25, -0.2) is 4.98 Å². The maximum atomic E-state index is 5.41. The molecule has 1 aliphatic rings. The first-order valence-corrected chi connectivity index (χ1v) is 9.94. The minimum Gasteiger partial charge on any atom is -0.469 e. The van der Waals surface area contributed by atoms with Gasteiger partial charge in [0.25, 0.3) is 0 Å². The normalized spacial score (nSPS) is 16.0. The van der Waals surface area contributed by atoms with Gasteiger partial charge < -0.3 is 20.0 Å². The summed E-state index contributed by atoms with van der Waals surface area (Å²) in [6, 6.07) is 10.5. The predicted octanol–water partition coefficient (Wildman–Crippen LogP) is 3.08. The zero-order valence-electron chi connectivity index (χ0n) is 16.4. The smallest absolute Gasteiger partial charge is 0.191 e. The van der Waals surface area contributed by atoms with Crippen LogP contribution in [0.4, 0.5) is 5.82 Å². The van der Waals surface area contributed by atoms with Crippen LogP contribution in [0.25, 0.3) is 0 Å². The lowest BCUT2D eigenvalue weighted by molar-refractivity contribution is 0.457. The Labute approximate surface area is 162 Å². The maximum absolute atomic E-state index is 5.41. The molecule has 6 heteroatoms. The first-order chi connectivity index (χ1) is 13.2. The second-order valence-corrected chi connectivity index (χ2v) is 7.43. The Bertz CT molecular complexity index is 676. The van der Waals surface area contributed by atoms with Crippen LogP contribution in [-0.2, 0) is 6.42 Å². The van der Waals surface area contributed by atoms with Gasteiger partial charge in [-0.3, -0.25) is 4.99 Å². The Kier molecular flexibility index (Phi) is 7.13. The SMILES string of the molecule is CC(C)CN=C(NCCc1ccco1)NC1CCN(c2ccccn2)CC1. The van der Waals surface area contributed by atoms with Gasteiger partial charge in [0.2, 0.25) is 0 Å². The molecule has 2 N–H and O–H groups in total. The number of nitrogens with zero attached hydrogens (tertiary/aromatic N) is 3. The van der Waals surface area contributed by atoms with E-state index in [9.17, 15) is 0 Å². The Balaban J connectivity index is 1.49. The minimum absolute atomic E-state index is 0.437. The Morgan fingerprint density at radius 1 is 1.26 bits per heavy atom. The zero-order chi connectivity index (χ0) is 18.9. The highest BCUT2D eigenvalue weighted by Gasteiger charge is 2.20. The van der Waals surface area contributed by atoms with Gasteiger partial charge in [0, 0.05) is 44.8 Å². The van der Waals surface area contributed by atoms with Crippen molar-refractivity contribution in [1.82, 2.24) is 15.6 Å². The van der Waals surface area contributed by atoms with Crippen molar-refractivity contribution in [3.63, 3.8) is 0 Å². The molecule has 0 radical (unpaired) electrons. The molecule has 0 amide bonds. The Morgan fingerprint density at radius 2 is 2.11 bits per heavy atom. The third-order valence-electron chi connectivity index (χ3n) is 4.67. The van der Waals surface area contributed by atoms with Gasteiger partial charge in [-0.2, -0.15) is 0 Å². The van der Waals surface area contributed by atoms with Gasteiger partial charge in [0.15, 0.2) is 5.96 Å². The lowest BCUT2D eigenvalue weighted by atomic mass is 10.1. The molecule has 0 saturated carbocycles. The molecule has 1 saturated heterocycles. The standard InChI is InChI=1S/C21H31N5O/c1-17(2)16-24-21(23-12-8-19-6-5-15-27-19)25-18-9-13-26(14-10-18)20-7-3-4-11-22-20/h3-7,11,15,17-18H,8-10,12-14,16H2,1-2H3,(H2,23,24,25). The lowest BCUT2D eigenvalue weighted by Gasteiger charge is -2.33. The quantitative estimate of drug-likeness (QED) is 0.580. The van der Waals surface area contributed by atoms with Gasteiger partial charge in [-0.1, -0.05) is 19.9 Å². The second-order valence-electron chi connectivity index (χ2n) is 7.43. The lowest BCUT2D eigenvalue weighted by Crippen LogP contribution is -2.49. The third kappa shape index (κ3) is 6.31. The molecular weight excluding hydrogens is 338 g/mol. The molecule has 2 aromatic rings. The number of furan rings is 1. The van der Waals surface area contributed by atoms with Gasteiger partial charge in [-0.15, -0.1) is 0 Å². The molecule has 3 heterocycles. The monoisotopic (exact) mass is 369 g/mol. The van der Waals surface area contributed by atoms with Crippen LogP contribution in [0.3, 0.4) is 0 Å². The van der Waals surface area contributed by atoms with E-state index in [1.54, 1.807) is 6.26 Å². The summed E-state index contributed by atoms with van der Waals surface area (Å²) >= 11 is 0. The number of aromatic nitrogens is 1. The summed E-state index contributed by atoms with van der Waals surface area (Å²) in [5, 5.41) is 7.08. The highest BCUT2D eigenvalue weighted by Crippen LogP contribution is 2.17. The summed E-state index contributed by atoms with van der Waals surface area (Å²) in [6.45, 7) is 8.04. The molecular formula is C21H31N5O. The van der Waals surface area contributed by atoms with Crippen molar-refractivity contribution >= 4 is 11.8 Å².